The van der Waals surface area contributed by atoms with Crippen LogP contribution in [-0.4, -0.2) is 44.5 Å². The summed E-state index contributed by atoms with van der Waals surface area (Å²) in [6.07, 6.45) is 7.27. The van der Waals surface area contributed by atoms with Gasteiger partial charge in [0.05, 0.1) is 6.26 Å². The van der Waals surface area contributed by atoms with Crippen LogP contribution in [0.3, 0.4) is 0 Å². The second-order valence-electron chi connectivity index (χ2n) is 5.29. The van der Waals surface area contributed by atoms with Gasteiger partial charge in [0.15, 0.2) is 0 Å². The Balaban J connectivity index is 2.29. The Morgan fingerprint density at radius 3 is 2.42 bits per heavy atom. The summed E-state index contributed by atoms with van der Waals surface area (Å²) in [5.74, 6) is 0.236. The predicted molar refractivity (Wildman–Crippen MR) is 76.3 cm³/mol. The van der Waals surface area contributed by atoms with Gasteiger partial charge in [-0.15, -0.1) is 0 Å². The molecule has 19 heavy (non-hydrogen) atoms. The van der Waals surface area contributed by atoms with Gasteiger partial charge in [-0.1, -0.05) is 26.2 Å². The van der Waals surface area contributed by atoms with Crippen LogP contribution in [0.15, 0.2) is 0 Å². The molecule has 0 heterocycles. The minimum Gasteiger partial charge on any atom is -0.355 e. The minimum absolute atomic E-state index is 0.0771. The maximum Gasteiger partial charge on any atom is 0.223 e. The molecule has 1 saturated carbocycles. The van der Waals surface area contributed by atoms with E-state index in [1.807, 2.05) is 0 Å². The third kappa shape index (κ3) is 5.91. The summed E-state index contributed by atoms with van der Waals surface area (Å²) in [7, 11) is -3.17. The van der Waals surface area contributed by atoms with Crippen molar-refractivity contribution in [1.82, 2.24) is 9.62 Å². The first-order valence-electron chi connectivity index (χ1n) is 7.18. The topological polar surface area (TPSA) is 66.5 Å². The summed E-state index contributed by atoms with van der Waals surface area (Å²) in [5.41, 5.74) is 0. The average molecular weight is 290 g/mol. The molecule has 0 saturated heterocycles. The number of amides is 1. The highest BCUT2D eigenvalue weighted by Crippen LogP contribution is 2.25. The first-order chi connectivity index (χ1) is 8.95. The Morgan fingerprint density at radius 1 is 1.26 bits per heavy atom. The SMILES string of the molecule is CCCCCN(CCNC(=O)C1CCC1)S(C)(=O)=O. The third-order valence-electron chi connectivity index (χ3n) is 3.62. The zero-order chi connectivity index (χ0) is 14.3. The molecule has 6 heteroatoms. The van der Waals surface area contributed by atoms with Crippen LogP contribution in [-0.2, 0) is 14.8 Å². The molecule has 0 atom stereocenters. The van der Waals surface area contributed by atoms with E-state index in [2.05, 4.69) is 12.2 Å². The number of rotatable bonds is 9. The number of nitrogens with one attached hydrogen (secondary N) is 1. The molecule has 0 radical (unpaired) electrons. The van der Waals surface area contributed by atoms with E-state index in [4.69, 9.17) is 0 Å². The van der Waals surface area contributed by atoms with Crippen LogP contribution in [0.2, 0.25) is 0 Å². The molecule has 0 unspecified atom stereocenters. The first kappa shape index (κ1) is 16.4. The van der Waals surface area contributed by atoms with Gasteiger partial charge in [0, 0.05) is 25.6 Å². The van der Waals surface area contributed by atoms with Gasteiger partial charge in [-0.05, 0) is 19.3 Å². The molecule has 0 bridgehead atoms. The Labute approximate surface area is 116 Å². The van der Waals surface area contributed by atoms with Gasteiger partial charge in [-0.25, -0.2) is 12.7 Å². The zero-order valence-corrected chi connectivity index (χ0v) is 12.8. The molecule has 1 N–H and O–H groups in total. The highest BCUT2D eigenvalue weighted by Gasteiger charge is 2.25. The van der Waals surface area contributed by atoms with E-state index in [0.717, 1.165) is 38.5 Å². The van der Waals surface area contributed by atoms with E-state index >= 15 is 0 Å². The third-order valence-corrected chi connectivity index (χ3v) is 4.92. The lowest BCUT2D eigenvalue weighted by Crippen LogP contribution is -2.41. The summed E-state index contributed by atoms with van der Waals surface area (Å²) in [5, 5.41) is 2.83. The van der Waals surface area contributed by atoms with Gasteiger partial charge >= 0.3 is 0 Å². The summed E-state index contributed by atoms with van der Waals surface area (Å²) < 4.78 is 24.7. The lowest BCUT2D eigenvalue weighted by Gasteiger charge is -2.25. The van der Waals surface area contributed by atoms with E-state index in [1.165, 1.54) is 10.6 Å². The van der Waals surface area contributed by atoms with Crippen molar-refractivity contribution in [2.24, 2.45) is 5.92 Å². The van der Waals surface area contributed by atoms with Crippen molar-refractivity contribution in [2.75, 3.05) is 25.9 Å². The lowest BCUT2D eigenvalue weighted by molar-refractivity contribution is -0.127. The standard InChI is InChI=1S/C13H26N2O3S/c1-3-4-5-10-15(19(2,17)18)11-9-14-13(16)12-7-6-8-12/h12H,3-11H2,1-2H3,(H,14,16). The second-order valence-corrected chi connectivity index (χ2v) is 7.27. The molecule has 0 aromatic rings. The molecule has 1 rings (SSSR count). The molecule has 1 aliphatic carbocycles. The molecule has 0 aromatic carbocycles. The van der Waals surface area contributed by atoms with Crippen molar-refractivity contribution in [2.45, 2.75) is 45.4 Å². The summed E-state index contributed by atoms with van der Waals surface area (Å²) in [4.78, 5) is 11.6. The Hall–Kier alpha value is -0.620. The summed E-state index contributed by atoms with van der Waals surface area (Å²) in [6.45, 7) is 3.42. The molecule has 0 aliphatic heterocycles. The average Bonchev–Trinajstić information content (AvgIpc) is 2.23. The molecule has 0 spiro atoms. The Bertz CT molecular complexity index is 377. The van der Waals surface area contributed by atoms with Gasteiger partial charge in [-0.2, -0.15) is 0 Å². The number of unbranched alkanes of at least 4 members (excludes halogenated alkanes) is 2. The number of hydrogen-bond donors (Lipinski definition) is 1. The molecular formula is C13H26N2O3S. The van der Waals surface area contributed by atoms with Crippen LogP contribution >= 0.6 is 0 Å². The molecule has 1 fully saturated rings. The molecule has 1 aliphatic rings. The number of sulfonamides is 1. The smallest absolute Gasteiger partial charge is 0.223 e. The first-order valence-corrected chi connectivity index (χ1v) is 9.02. The monoisotopic (exact) mass is 290 g/mol. The Morgan fingerprint density at radius 2 is 1.95 bits per heavy atom. The fourth-order valence-corrected chi connectivity index (χ4v) is 2.98. The fraction of sp³-hybridized carbons (Fsp3) is 0.923. The predicted octanol–water partition coefficient (Wildman–Crippen LogP) is 1.35. The summed E-state index contributed by atoms with van der Waals surface area (Å²) in [6, 6.07) is 0. The highest BCUT2D eigenvalue weighted by atomic mass is 32.2. The molecule has 112 valence electrons. The van der Waals surface area contributed by atoms with Crippen molar-refractivity contribution in [3.63, 3.8) is 0 Å². The second kappa shape index (κ2) is 7.85. The maximum absolute atomic E-state index is 11.6. The van der Waals surface area contributed by atoms with Crippen molar-refractivity contribution >= 4 is 15.9 Å². The maximum atomic E-state index is 11.6. The molecule has 1 amide bonds. The number of nitrogens with zero attached hydrogens (tertiary/aromatic N) is 1. The highest BCUT2D eigenvalue weighted by molar-refractivity contribution is 7.88. The van der Waals surface area contributed by atoms with E-state index < -0.39 is 10.0 Å². The zero-order valence-electron chi connectivity index (χ0n) is 12.0. The van der Waals surface area contributed by atoms with Crippen molar-refractivity contribution in [3.8, 4) is 0 Å². The van der Waals surface area contributed by atoms with Gasteiger partial charge in [0.1, 0.15) is 0 Å². The van der Waals surface area contributed by atoms with Crippen LogP contribution in [0.5, 0.6) is 0 Å². The number of carbonyl (C=O) groups is 1. The van der Waals surface area contributed by atoms with E-state index in [-0.39, 0.29) is 11.8 Å². The number of hydrogen-bond acceptors (Lipinski definition) is 3. The normalized spacial score (nSPS) is 16.4. The lowest BCUT2D eigenvalue weighted by atomic mass is 9.85. The van der Waals surface area contributed by atoms with Crippen LogP contribution in [0, 0.1) is 5.92 Å². The van der Waals surface area contributed by atoms with Crippen LogP contribution in [0.4, 0.5) is 0 Å². The van der Waals surface area contributed by atoms with E-state index in [0.29, 0.717) is 19.6 Å². The van der Waals surface area contributed by atoms with Crippen LogP contribution in [0.1, 0.15) is 45.4 Å². The minimum atomic E-state index is -3.17. The van der Waals surface area contributed by atoms with Crippen LogP contribution < -0.4 is 5.32 Å². The fourth-order valence-electron chi connectivity index (χ4n) is 2.10. The van der Waals surface area contributed by atoms with Crippen molar-refractivity contribution in [3.05, 3.63) is 0 Å². The van der Waals surface area contributed by atoms with Gasteiger partial charge in [0.25, 0.3) is 0 Å². The van der Waals surface area contributed by atoms with E-state index in [1.54, 1.807) is 0 Å². The number of carbonyl (C=O) groups excluding carboxylic acids is 1. The van der Waals surface area contributed by atoms with Crippen molar-refractivity contribution < 1.29 is 13.2 Å². The van der Waals surface area contributed by atoms with Gasteiger partial charge in [-0.3, -0.25) is 4.79 Å². The quantitative estimate of drug-likeness (QED) is 0.652. The van der Waals surface area contributed by atoms with Crippen LogP contribution in [0.25, 0.3) is 0 Å². The molecule has 0 aromatic heterocycles. The Kier molecular flexibility index (Phi) is 6.79. The summed E-state index contributed by atoms with van der Waals surface area (Å²) >= 11 is 0. The molecular weight excluding hydrogens is 264 g/mol. The molecule has 5 nitrogen and oxygen atoms in total. The largest absolute Gasteiger partial charge is 0.355 e. The van der Waals surface area contributed by atoms with Gasteiger partial charge < -0.3 is 5.32 Å². The van der Waals surface area contributed by atoms with Gasteiger partial charge in [0.2, 0.25) is 15.9 Å². The van der Waals surface area contributed by atoms with E-state index in [9.17, 15) is 13.2 Å². The van der Waals surface area contributed by atoms with Crippen molar-refractivity contribution in [1.29, 1.82) is 0 Å².